The first-order valence-corrected chi connectivity index (χ1v) is 8.47. The number of fused-ring (bicyclic) bond motifs is 1. The molecule has 1 aliphatic carbocycles. The molecule has 0 unspecified atom stereocenters. The van der Waals surface area contributed by atoms with Gasteiger partial charge in [-0.25, -0.2) is 4.98 Å². The van der Waals surface area contributed by atoms with E-state index in [1.54, 1.807) is 7.05 Å². The summed E-state index contributed by atoms with van der Waals surface area (Å²) in [6.07, 6.45) is 2.40. The van der Waals surface area contributed by atoms with E-state index in [0.29, 0.717) is 11.6 Å². The Bertz CT molecular complexity index is 889. The summed E-state index contributed by atoms with van der Waals surface area (Å²) >= 11 is 0. The van der Waals surface area contributed by atoms with Crippen LogP contribution in [0.15, 0.2) is 48.5 Å². The monoisotopic (exact) mass is 319 g/mol. The van der Waals surface area contributed by atoms with E-state index in [9.17, 15) is 4.79 Å². The van der Waals surface area contributed by atoms with E-state index in [2.05, 4.69) is 35.0 Å². The molecule has 122 valence electrons. The van der Waals surface area contributed by atoms with Crippen LogP contribution in [0.1, 0.15) is 36.2 Å². The fourth-order valence-corrected chi connectivity index (χ4v) is 3.60. The maximum Gasteiger partial charge on any atom is 0.251 e. The van der Waals surface area contributed by atoms with Crippen molar-refractivity contribution in [2.24, 2.45) is 5.92 Å². The van der Waals surface area contributed by atoms with Crippen LogP contribution in [0.4, 0.5) is 0 Å². The number of amides is 1. The molecule has 2 aromatic carbocycles. The average Bonchev–Trinajstić information content (AvgIpc) is 2.97. The molecule has 1 N–H and O–H groups in total. The first-order chi connectivity index (χ1) is 11.7. The summed E-state index contributed by atoms with van der Waals surface area (Å²) in [5.41, 5.74) is 3.95. The summed E-state index contributed by atoms with van der Waals surface area (Å²) in [5.74, 6) is 1.71. The molecule has 0 spiro atoms. The summed E-state index contributed by atoms with van der Waals surface area (Å²) < 4.78 is 2.38. The van der Waals surface area contributed by atoms with Gasteiger partial charge in [0.2, 0.25) is 0 Å². The Morgan fingerprint density at radius 1 is 1.12 bits per heavy atom. The molecular weight excluding hydrogens is 298 g/mol. The molecular formula is C20H21N3O. The highest BCUT2D eigenvalue weighted by atomic mass is 16.1. The summed E-state index contributed by atoms with van der Waals surface area (Å²) in [4.78, 5) is 16.6. The normalized spacial score (nSPS) is 19.9. The van der Waals surface area contributed by atoms with Gasteiger partial charge < -0.3 is 9.88 Å². The highest BCUT2D eigenvalue weighted by Crippen LogP contribution is 2.41. The number of aromatic nitrogens is 2. The second-order valence-corrected chi connectivity index (χ2v) is 6.68. The minimum Gasteiger partial charge on any atom is -0.355 e. The van der Waals surface area contributed by atoms with Gasteiger partial charge in [0.1, 0.15) is 5.82 Å². The molecule has 24 heavy (non-hydrogen) atoms. The number of para-hydroxylation sites is 2. The smallest absolute Gasteiger partial charge is 0.251 e. The van der Waals surface area contributed by atoms with Gasteiger partial charge in [0.25, 0.3) is 5.91 Å². The molecule has 4 heteroatoms. The third-order valence-corrected chi connectivity index (χ3v) is 4.94. The van der Waals surface area contributed by atoms with Crippen molar-refractivity contribution in [1.82, 2.24) is 14.9 Å². The topological polar surface area (TPSA) is 46.9 Å². The Morgan fingerprint density at radius 2 is 1.83 bits per heavy atom. The Morgan fingerprint density at radius 3 is 2.50 bits per heavy atom. The lowest BCUT2D eigenvalue weighted by atomic mass is 9.81. The fraction of sp³-hybridized carbons (Fsp3) is 0.300. The molecule has 0 saturated heterocycles. The largest absolute Gasteiger partial charge is 0.355 e. The number of carbonyl (C=O) groups is 1. The summed E-state index contributed by atoms with van der Waals surface area (Å²) in [5, 5.41) is 2.65. The lowest BCUT2D eigenvalue weighted by Gasteiger charge is -2.35. The van der Waals surface area contributed by atoms with Gasteiger partial charge in [-0.05, 0) is 43.0 Å². The molecule has 0 atom stereocenters. The molecule has 4 rings (SSSR count). The van der Waals surface area contributed by atoms with E-state index >= 15 is 0 Å². The van der Waals surface area contributed by atoms with Crippen LogP contribution in [0.3, 0.4) is 0 Å². The number of hydrogen-bond acceptors (Lipinski definition) is 2. The standard InChI is InChI=1S/C20H21N3O/c1-13-11-16(12-13)23-18-6-4-3-5-17(18)22-19(23)14-7-9-15(10-8-14)20(24)21-2/h3-10,13,16H,11-12H2,1-2H3,(H,21,24). The van der Waals surface area contributed by atoms with Crippen molar-refractivity contribution in [3.05, 3.63) is 54.1 Å². The molecule has 0 bridgehead atoms. The number of hydrogen-bond donors (Lipinski definition) is 1. The first kappa shape index (κ1) is 14.9. The number of nitrogens with one attached hydrogen (secondary N) is 1. The summed E-state index contributed by atoms with van der Waals surface area (Å²) in [6.45, 7) is 2.30. The maximum absolute atomic E-state index is 11.7. The maximum atomic E-state index is 11.7. The van der Waals surface area contributed by atoms with Gasteiger partial charge in [-0.1, -0.05) is 31.2 Å². The van der Waals surface area contributed by atoms with Gasteiger partial charge in [0.05, 0.1) is 11.0 Å². The van der Waals surface area contributed by atoms with Gasteiger partial charge in [-0.15, -0.1) is 0 Å². The van der Waals surface area contributed by atoms with Crippen molar-refractivity contribution in [2.75, 3.05) is 7.05 Å². The van der Waals surface area contributed by atoms with Crippen molar-refractivity contribution < 1.29 is 4.79 Å². The van der Waals surface area contributed by atoms with E-state index in [1.165, 1.54) is 18.4 Å². The second-order valence-electron chi connectivity index (χ2n) is 6.68. The van der Waals surface area contributed by atoms with E-state index in [4.69, 9.17) is 4.98 Å². The fourth-order valence-electron chi connectivity index (χ4n) is 3.60. The summed E-state index contributed by atoms with van der Waals surface area (Å²) in [6, 6.07) is 16.5. The Balaban J connectivity index is 1.81. The predicted molar refractivity (Wildman–Crippen MR) is 96.0 cm³/mol. The van der Waals surface area contributed by atoms with E-state index in [-0.39, 0.29) is 5.91 Å². The third kappa shape index (κ3) is 2.39. The van der Waals surface area contributed by atoms with Gasteiger partial charge in [0, 0.05) is 24.2 Å². The number of nitrogens with zero attached hydrogens (tertiary/aromatic N) is 2. The van der Waals surface area contributed by atoms with Gasteiger partial charge >= 0.3 is 0 Å². The molecule has 4 nitrogen and oxygen atoms in total. The summed E-state index contributed by atoms with van der Waals surface area (Å²) in [7, 11) is 1.65. The zero-order valence-electron chi connectivity index (χ0n) is 14.0. The van der Waals surface area contributed by atoms with Crippen molar-refractivity contribution in [3.8, 4) is 11.4 Å². The average molecular weight is 319 g/mol. The Kier molecular flexibility index (Phi) is 3.60. The Hall–Kier alpha value is -2.62. The van der Waals surface area contributed by atoms with Crippen LogP contribution in [-0.2, 0) is 0 Å². The molecule has 0 radical (unpaired) electrons. The molecule has 1 aliphatic rings. The van der Waals surface area contributed by atoms with E-state index in [1.807, 2.05) is 30.3 Å². The minimum absolute atomic E-state index is 0.0668. The van der Waals surface area contributed by atoms with Crippen LogP contribution in [0.25, 0.3) is 22.4 Å². The molecule has 1 aromatic heterocycles. The number of imidazole rings is 1. The second kappa shape index (κ2) is 5.78. The molecule has 1 amide bonds. The van der Waals surface area contributed by atoms with Crippen LogP contribution < -0.4 is 5.32 Å². The highest BCUT2D eigenvalue weighted by Gasteiger charge is 2.30. The van der Waals surface area contributed by atoms with Gasteiger partial charge in [-0.3, -0.25) is 4.79 Å². The highest BCUT2D eigenvalue weighted by molar-refractivity contribution is 5.94. The van der Waals surface area contributed by atoms with E-state index in [0.717, 1.165) is 22.8 Å². The third-order valence-electron chi connectivity index (χ3n) is 4.94. The van der Waals surface area contributed by atoms with Crippen LogP contribution in [-0.4, -0.2) is 22.5 Å². The number of rotatable bonds is 3. The molecule has 1 heterocycles. The van der Waals surface area contributed by atoms with Gasteiger partial charge in [0.15, 0.2) is 0 Å². The predicted octanol–water partition coefficient (Wildman–Crippen LogP) is 4.03. The van der Waals surface area contributed by atoms with Crippen molar-refractivity contribution in [1.29, 1.82) is 0 Å². The lowest BCUT2D eigenvalue weighted by molar-refractivity contribution is 0.0963. The zero-order chi connectivity index (χ0) is 16.7. The number of carbonyl (C=O) groups excluding carboxylic acids is 1. The van der Waals surface area contributed by atoms with Gasteiger partial charge in [-0.2, -0.15) is 0 Å². The van der Waals surface area contributed by atoms with Crippen LogP contribution in [0.2, 0.25) is 0 Å². The Labute approximate surface area is 141 Å². The minimum atomic E-state index is -0.0668. The van der Waals surface area contributed by atoms with Crippen LogP contribution in [0.5, 0.6) is 0 Å². The van der Waals surface area contributed by atoms with E-state index < -0.39 is 0 Å². The molecule has 1 fully saturated rings. The molecule has 0 aliphatic heterocycles. The van der Waals surface area contributed by atoms with Crippen LogP contribution >= 0.6 is 0 Å². The first-order valence-electron chi connectivity index (χ1n) is 8.47. The van der Waals surface area contributed by atoms with Crippen molar-refractivity contribution in [2.45, 2.75) is 25.8 Å². The van der Waals surface area contributed by atoms with Crippen LogP contribution in [0, 0.1) is 5.92 Å². The molecule has 1 saturated carbocycles. The SMILES string of the molecule is CNC(=O)c1ccc(-c2nc3ccccc3n2C2CC(C)C2)cc1. The van der Waals surface area contributed by atoms with Crippen molar-refractivity contribution in [3.63, 3.8) is 0 Å². The quantitative estimate of drug-likeness (QED) is 0.792. The zero-order valence-corrected chi connectivity index (χ0v) is 14.0. The molecule has 3 aromatic rings. The van der Waals surface area contributed by atoms with Crippen molar-refractivity contribution >= 4 is 16.9 Å². The lowest BCUT2D eigenvalue weighted by Crippen LogP contribution is -2.25. The number of benzene rings is 2.